The molecule has 10 nitrogen and oxygen atoms in total. The van der Waals surface area contributed by atoms with E-state index in [0.717, 1.165) is 31.2 Å². The molecule has 0 radical (unpaired) electrons. The number of rotatable bonds is 10. The maximum Gasteiger partial charge on any atom is 0.243 e. The molecular formula is C23H38N6O4S. The standard InChI is InChI=1S/C23H38N6O4S/c1-16-14-18-4-2-6-20(21(18)27-15-16)34(32,33)28-19(5-3-10-26-23(24)25)22(31)29-11-7-17(8-12-29)9-13-30/h2,4,6,16-17,19,27-28,30H,3,5,7-15H2,1H3,(H4,24,25,26)/t16?,19-/m0/s1. The molecule has 34 heavy (non-hydrogen) atoms. The summed E-state index contributed by atoms with van der Waals surface area (Å²) in [5.74, 6) is 0.528. The van der Waals surface area contributed by atoms with E-state index in [1.165, 1.54) is 0 Å². The number of hydrogen-bond acceptors (Lipinski definition) is 6. The monoisotopic (exact) mass is 494 g/mol. The number of nitrogens with one attached hydrogen (secondary N) is 2. The third-order valence-corrected chi connectivity index (χ3v) is 8.12. The predicted molar refractivity (Wildman–Crippen MR) is 133 cm³/mol. The van der Waals surface area contributed by atoms with Gasteiger partial charge in [-0.2, -0.15) is 4.72 Å². The molecule has 0 aromatic heterocycles. The first-order chi connectivity index (χ1) is 16.2. The third kappa shape index (κ3) is 6.83. The average molecular weight is 495 g/mol. The van der Waals surface area contributed by atoms with Crippen LogP contribution in [0.15, 0.2) is 28.1 Å². The highest BCUT2D eigenvalue weighted by atomic mass is 32.2. The number of carbonyl (C=O) groups excluding carboxylic acids is 1. The van der Waals surface area contributed by atoms with Gasteiger partial charge in [0.05, 0.1) is 5.69 Å². The van der Waals surface area contributed by atoms with Crippen LogP contribution in [0.2, 0.25) is 0 Å². The Labute approximate surface area is 202 Å². The molecule has 1 amide bonds. The van der Waals surface area contributed by atoms with Crippen molar-refractivity contribution in [1.29, 1.82) is 0 Å². The van der Waals surface area contributed by atoms with Gasteiger partial charge in [-0.3, -0.25) is 9.79 Å². The van der Waals surface area contributed by atoms with E-state index >= 15 is 0 Å². The van der Waals surface area contributed by atoms with Gasteiger partial charge in [0.2, 0.25) is 15.9 Å². The topological polar surface area (TPSA) is 163 Å². The summed E-state index contributed by atoms with van der Waals surface area (Å²) in [6.45, 7) is 4.37. The van der Waals surface area contributed by atoms with E-state index in [4.69, 9.17) is 11.5 Å². The van der Waals surface area contributed by atoms with Crippen LogP contribution >= 0.6 is 0 Å². The highest BCUT2D eigenvalue weighted by Crippen LogP contribution is 2.31. The summed E-state index contributed by atoms with van der Waals surface area (Å²) in [6.07, 6.45) is 3.87. The van der Waals surface area contributed by atoms with Crippen LogP contribution < -0.4 is 21.5 Å². The second kappa shape index (κ2) is 11.9. The summed E-state index contributed by atoms with van der Waals surface area (Å²) in [5, 5.41) is 12.4. The lowest BCUT2D eigenvalue weighted by atomic mass is 9.93. The molecule has 2 heterocycles. The van der Waals surface area contributed by atoms with Crippen molar-refractivity contribution >= 4 is 27.6 Å². The number of guanidine groups is 1. The molecule has 2 aliphatic rings. The Balaban J connectivity index is 1.77. The number of benzene rings is 1. The van der Waals surface area contributed by atoms with Gasteiger partial charge < -0.3 is 26.8 Å². The average Bonchev–Trinajstić information content (AvgIpc) is 2.80. The molecule has 11 heteroatoms. The van der Waals surface area contributed by atoms with Crippen LogP contribution in [0.3, 0.4) is 0 Å². The highest BCUT2D eigenvalue weighted by molar-refractivity contribution is 7.89. The zero-order valence-corrected chi connectivity index (χ0v) is 20.7. The second-order valence-electron chi connectivity index (χ2n) is 9.38. The van der Waals surface area contributed by atoms with Crippen molar-refractivity contribution in [2.75, 3.05) is 38.1 Å². The summed E-state index contributed by atoms with van der Waals surface area (Å²) >= 11 is 0. The molecule has 2 aliphatic heterocycles. The molecule has 7 N–H and O–H groups in total. The maximum atomic E-state index is 13.4. The normalized spacial score (nSPS) is 19.7. The van der Waals surface area contributed by atoms with Gasteiger partial charge in [-0.05, 0) is 62.0 Å². The van der Waals surface area contributed by atoms with Crippen molar-refractivity contribution < 1.29 is 18.3 Å². The zero-order valence-electron chi connectivity index (χ0n) is 19.9. The summed E-state index contributed by atoms with van der Waals surface area (Å²) in [4.78, 5) is 19.2. The van der Waals surface area contributed by atoms with Crippen molar-refractivity contribution in [2.24, 2.45) is 28.3 Å². The number of fused-ring (bicyclic) bond motifs is 1. The lowest BCUT2D eigenvalue weighted by molar-refractivity contribution is -0.134. The number of aliphatic hydroxyl groups excluding tert-OH is 1. The molecule has 0 bridgehead atoms. The van der Waals surface area contributed by atoms with Gasteiger partial charge in [0, 0.05) is 32.8 Å². The van der Waals surface area contributed by atoms with Gasteiger partial charge in [0.25, 0.3) is 0 Å². The Morgan fingerprint density at radius 3 is 2.74 bits per heavy atom. The summed E-state index contributed by atoms with van der Waals surface area (Å²) < 4.78 is 29.6. The molecule has 1 saturated heterocycles. The SMILES string of the molecule is CC1CNc2c(cccc2S(=O)(=O)N[C@@H](CCCN=C(N)N)C(=O)N2CCC(CCO)CC2)C1. The smallest absolute Gasteiger partial charge is 0.243 e. The van der Waals surface area contributed by atoms with Crippen molar-refractivity contribution in [2.45, 2.75) is 56.4 Å². The van der Waals surface area contributed by atoms with Crippen LogP contribution in [0.4, 0.5) is 5.69 Å². The number of hydrogen-bond donors (Lipinski definition) is 5. The second-order valence-corrected chi connectivity index (χ2v) is 11.1. The number of nitrogens with zero attached hydrogens (tertiary/aromatic N) is 2. The molecule has 3 rings (SSSR count). The lowest BCUT2D eigenvalue weighted by Gasteiger charge is -2.34. The molecule has 1 aromatic rings. The van der Waals surface area contributed by atoms with Crippen LogP contribution in [0.5, 0.6) is 0 Å². The first-order valence-electron chi connectivity index (χ1n) is 12.0. The molecule has 1 aromatic carbocycles. The van der Waals surface area contributed by atoms with Crippen molar-refractivity contribution in [3.05, 3.63) is 23.8 Å². The number of piperidine rings is 1. The van der Waals surface area contributed by atoms with E-state index in [9.17, 15) is 18.3 Å². The minimum absolute atomic E-state index is 0.0365. The van der Waals surface area contributed by atoms with Crippen LogP contribution in [-0.2, 0) is 21.2 Å². The number of carbonyl (C=O) groups is 1. The fourth-order valence-electron chi connectivity index (χ4n) is 4.73. The number of likely N-dealkylation sites (tertiary alicyclic amines) is 1. The lowest BCUT2D eigenvalue weighted by Crippen LogP contribution is -2.50. The van der Waals surface area contributed by atoms with Crippen molar-refractivity contribution in [1.82, 2.24) is 9.62 Å². The maximum absolute atomic E-state index is 13.4. The van der Waals surface area contributed by atoms with Gasteiger partial charge >= 0.3 is 0 Å². The number of sulfonamides is 1. The number of aliphatic imine (C=N–C) groups is 1. The largest absolute Gasteiger partial charge is 0.396 e. The first-order valence-corrected chi connectivity index (χ1v) is 13.5. The fourth-order valence-corrected chi connectivity index (χ4v) is 6.18. The van der Waals surface area contributed by atoms with E-state index < -0.39 is 16.1 Å². The van der Waals surface area contributed by atoms with E-state index in [2.05, 4.69) is 22.0 Å². The molecule has 0 saturated carbocycles. The Kier molecular flexibility index (Phi) is 9.15. The number of para-hydroxylation sites is 1. The van der Waals surface area contributed by atoms with E-state index in [1.807, 2.05) is 6.07 Å². The van der Waals surface area contributed by atoms with Gasteiger partial charge in [0.1, 0.15) is 10.9 Å². The van der Waals surface area contributed by atoms with E-state index in [1.54, 1.807) is 17.0 Å². The summed E-state index contributed by atoms with van der Waals surface area (Å²) in [5.41, 5.74) is 12.4. The molecule has 0 spiro atoms. The molecule has 190 valence electrons. The molecule has 0 aliphatic carbocycles. The van der Waals surface area contributed by atoms with E-state index in [-0.39, 0.29) is 29.8 Å². The Morgan fingerprint density at radius 1 is 1.32 bits per heavy atom. The van der Waals surface area contributed by atoms with Gasteiger partial charge in [-0.25, -0.2) is 8.42 Å². The number of anilines is 1. The minimum atomic E-state index is -3.95. The summed E-state index contributed by atoms with van der Waals surface area (Å²) in [7, 11) is -3.95. The van der Waals surface area contributed by atoms with Gasteiger partial charge in [0.15, 0.2) is 5.96 Å². The molecular weight excluding hydrogens is 456 g/mol. The third-order valence-electron chi connectivity index (χ3n) is 6.60. The number of aliphatic hydroxyl groups is 1. The Bertz CT molecular complexity index is 972. The van der Waals surface area contributed by atoms with Crippen molar-refractivity contribution in [3.8, 4) is 0 Å². The highest BCUT2D eigenvalue weighted by Gasteiger charge is 2.33. The Morgan fingerprint density at radius 2 is 2.06 bits per heavy atom. The quantitative estimate of drug-likeness (QED) is 0.181. The van der Waals surface area contributed by atoms with Crippen LogP contribution in [-0.4, -0.2) is 69.1 Å². The van der Waals surface area contributed by atoms with Crippen LogP contribution in [0.25, 0.3) is 0 Å². The van der Waals surface area contributed by atoms with Crippen LogP contribution in [0.1, 0.15) is 44.6 Å². The zero-order chi connectivity index (χ0) is 24.7. The molecule has 2 atom stereocenters. The first kappa shape index (κ1) is 26.2. The van der Waals surface area contributed by atoms with Crippen molar-refractivity contribution in [3.63, 3.8) is 0 Å². The fraction of sp³-hybridized carbons (Fsp3) is 0.652. The number of nitrogens with two attached hydrogens (primary N) is 2. The Hall–Kier alpha value is -2.37. The van der Waals surface area contributed by atoms with Gasteiger partial charge in [-0.15, -0.1) is 0 Å². The molecule has 1 fully saturated rings. The minimum Gasteiger partial charge on any atom is -0.396 e. The van der Waals surface area contributed by atoms with Crippen LogP contribution in [0, 0.1) is 11.8 Å². The number of amides is 1. The predicted octanol–water partition coefficient (Wildman–Crippen LogP) is 0.612. The summed E-state index contributed by atoms with van der Waals surface area (Å²) in [6, 6.07) is 4.35. The van der Waals surface area contributed by atoms with Gasteiger partial charge in [-0.1, -0.05) is 19.1 Å². The van der Waals surface area contributed by atoms with E-state index in [0.29, 0.717) is 50.1 Å². The molecule has 1 unspecified atom stereocenters.